The second-order valence-corrected chi connectivity index (χ2v) is 7.01. The largest absolute Gasteiger partial charge is 0.463 e. The lowest BCUT2D eigenvalue weighted by atomic mass is 10.0. The summed E-state index contributed by atoms with van der Waals surface area (Å²) in [7, 11) is -7.46. The maximum Gasteiger partial charge on any atom is 0.425 e. The highest BCUT2D eigenvalue weighted by Crippen LogP contribution is 2.33. The lowest BCUT2D eigenvalue weighted by Crippen LogP contribution is -2.19. The molecule has 0 fully saturated rings. The minimum absolute atomic E-state index is 0. The van der Waals surface area contributed by atoms with Gasteiger partial charge in [0.15, 0.2) is 5.75 Å². The number of anilines is 1. The molecule has 4 N–H and O–H groups in total. The van der Waals surface area contributed by atoms with Crippen LogP contribution in [-0.2, 0) is 20.9 Å². The van der Waals surface area contributed by atoms with Crippen molar-refractivity contribution < 1.29 is 34.6 Å². The van der Waals surface area contributed by atoms with Crippen LogP contribution in [0.3, 0.4) is 0 Å². The molecule has 174 valence electrons. The molecule has 13 nitrogen and oxygen atoms in total. The van der Waals surface area contributed by atoms with Gasteiger partial charge < -0.3 is 14.3 Å². The van der Waals surface area contributed by atoms with Crippen molar-refractivity contribution in [1.29, 1.82) is 0 Å². The fraction of sp³-hybridized carbons (Fsp3) is 0.118. The zero-order valence-corrected chi connectivity index (χ0v) is 16.2. The average molecular weight is 489 g/mol. The summed E-state index contributed by atoms with van der Waals surface area (Å²) in [5.74, 6) is -0.360. The maximum atomic E-state index is 12.7. The molecular weight excluding hydrogens is 470 g/mol. The van der Waals surface area contributed by atoms with E-state index in [1.165, 1.54) is 24.3 Å². The van der Waals surface area contributed by atoms with E-state index < -0.39 is 37.0 Å². The first kappa shape index (κ1) is 28.2. The number of nitrogens with zero attached hydrogens (tertiary/aromatic N) is 1. The van der Waals surface area contributed by atoms with Crippen molar-refractivity contribution in [3.63, 3.8) is 0 Å². The van der Waals surface area contributed by atoms with Crippen molar-refractivity contribution >= 4 is 43.3 Å². The van der Waals surface area contributed by atoms with Gasteiger partial charge in [0.2, 0.25) is 5.43 Å². The average Bonchev–Trinajstić information content (AvgIpc) is 2.60. The molecule has 1 heterocycles. The van der Waals surface area contributed by atoms with Crippen LogP contribution in [-0.4, -0.2) is 26.0 Å². The van der Waals surface area contributed by atoms with Crippen molar-refractivity contribution in [2.75, 3.05) is 5.73 Å². The summed E-state index contributed by atoms with van der Waals surface area (Å²) in [5, 5.41) is 16.3. The Morgan fingerprint density at radius 1 is 1.03 bits per heavy atom. The third-order valence-electron chi connectivity index (χ3n) is 3.47. The molecule has 0 bridgehead atoms. The van der Waals surface area contributed by atoms with Gasteiger partial charge in [-0.05, 0) is 24.3 Å². The van der Waals surface area contributed by atoms with Crippen LogP contribution in [0.4, 0.5) is 11.4 Å². The van der Waals surface area contributed by atoms with Crippen LogP contribution in [0, 0.1) is 10.1 Å². The first-order valence-electron chi connectivity index (χ1n) is 7.48. The van der Waals surface area contributed by atoms with E-state index in [1.54, 1.807) is 0 Å². The van der Waals surface area contributed by atoms with Gasteiger partial charge >= 0.3 is 20.9 Å². The summed E-state index contributed by atoms with van der Waals surface area (Å²) in [6.45, 7) is 0. The zero-order chi connectivity index (χ0) is 22.6. The number of fused-ring (bicyclic) bond motifs is 1. The van der Waals surface area contributed by atoms with Gasteiger partial charge in [0.05, 0.1) is 27.5 Å². The highest BCUT2D eigenvalue weighted by molar-refractivity contribution is 7.84. The number of nitro benzene ring substituents is 1. The van der Waals surface area contributed by atoms with Crippen molar-refractivity contribution in [2.24, 2.45) is 5.14 Å². The van der Waals surface area contributed by atoms with E-state index >= 15 is 0 Å². The summed E-state index contributed by atoms with van der Waals surface area (Å²) in [4.78, 5) is 23.2. The van der Waals surface area contributed by atoms with E-state index in [2.05, 4.69) is 4.18 Å². The summed E-state index contributed by atoms with van der Waals surface area (Å²) in [6, 6.07) is 7.57. The molecule has 0 aliphatic carbocycles. The Hall–Kier alpha value is -3.82. The van der Waals surface area contributed by atoms with Gasteiger partial charge in [0, 0.05) is 11.8 Å². The molecule has 0 saturated carbocycles. The van der Waals surface area contributed by atoms with E-state index in [4.69, 9.17) is 27.9 Å². The third kappa shape index (κ3) is 7.15. The van der Waals surface area contributed by atoms with Crippen LogP contribution < -0.4 is 20.5 Å². The first-order valence-corrected chi connectivity index (χ1v) is 9.95. The van der Waals surface area contributed by atoms with Crippen molar-refractivity contribution in [3.8, 4) is 16.9 Å². The lowest BCUT2D eigenvalue weighted by molar-refractivity contribution is -0.384. The summed E-state index contributed by atoms with van der Waals surface area (Å²) in [5.41, 5.74) is 5.06. The Labute approximate surface area is 183 Å². The fourth-order valence-electron chi connectivity index (χ4n) is 2.41. The molecule has 0 saturated heterocycles. The maximum absolute atomic E-state index is 12.7. The molecule has 0 aliphatic heterocycles. The second-order valence-electron chi connectivity index (χ2n) is 5.45. The Morgan fingerprint density at radius 3 is 2.16 bits per heavy atom. The normalized spacial score (nSPS) is 10.0. The minimum Gasteiger partial charge on any atom is -0.463 e. The molecule has 15 heteroatoms. The first-order chi connectivity index (χ1) is 13.9. The standard InChI is InChI=1S/C15H11N3O7S.2CH4.O3S/c16-8-1-3-11-14(5-8)24-7-12(15(11)19)10-4-2-9(25-26(17,22)23)6-13(10)18(20)21;;;1-4(2)3/h1-7H,16H2,(H2,17,22,23);2*1H4;. The summed E-state index contributed by atoms with van der Waals surface area (Å²) >= 11 is 0. The van der Waals surface area contributed by atoms with Crippen molar-refractivity contribution in [1.82, 2.24) is 0 Å². The number of benzene rings is 2. The Bertz CT molecular complexity index is 1410. The number of hydrogen-bond acceptors (Lipinski definition) is 11. The van der Waals surface area contributed by atoms with Crippen molar-refractivity contribution in [3.05, 3.63) is 63.0 Å². The molecule has 32 heavy (non-hydrogen) atoms. The number of rotatable bonds is 4. The van der Waals surface area contributed by atoms with E-state index in [1.807, 2.05) is 0 Å². The van der Waals surface area contributed by atoms with E-state index in [9.17, 15) is 23.3 Å². The summed E-state index contributed by atoms with van der Waals surface area (Å²) in [6.07, 6.45) is 1.08. The van der Waals surface area contributed by atoms with Crippen LogP contribution in [0.15, 0.2) is 51.9 Å². The van der Waals surface area contributed by atoms with Gasteiger partial charge in [-0.1, -0.05) is 14.9 Å². The van der Waals surface area contributed by atoms with Gasteiger partial charge in [-0.3, -0.25) is 14.9 Å². The molecule has 0 spiro atoms. The predicted molar refractivity (Wildman–Crippen MR) is 116 cm³/mol. The number of nitro groups is 1. The molecule has 0 radical (unpaired) electrons. The quantitative estimate of drug-likeness (QED) is 0.305. The van der Waals surface area contributed by atoms with E-state index in [0.717, 1.165) is 18.4 Å². The number of nitrogen functional groups attached to an aromatic ring is 1. The fourth-order valence-corrected chi connectivity index (χ4v) is 2.78. The lowest BCUT2D eigenvalue weighted by Gasteiger charge is -2.07. The van der Waals surface area contributed by atoms with Gasteiger partial charge in [-0.15, -0.1) is 12.6 Å². The number of nitrogens with two attached hydrogens (primary N) is 2. The minimum atomic E-state index is -4.35. The molecule has 3 rings (SSSR count). The smallest absolute Gasteiger partial charge is 0.425 e. The van der Waals surface area contributed by atoms with Gasteiger partial charge in [0.25, 0.3) is 5.69 Å². The Balaban J connectivity index is 0.00000148. The second kappa shape index (κ2) is 11.0. The van der Waals surface area contributed by atoms with Crippen LogP contribution in [0.25, 0.3) is 22.1 Å². The van der Waals surface area contributed by atoms with E-state index in [-0.39, 0.29) is 42.7 Å². The highest BCUT2D eigenvalue weighted by Gasteiger charge is 2.22. The Morgan fingerprint density at radius 2 is 1.62 bits per heavy atom. The zero-order valence-electron chi connectivity index (χ0n) is 14.5. The molecule has 3 aromatic rings. The topological polar surface area (TPSA) is 220 Å². The van der Waals surface area contributed by atoms with Crippen LogP contribution in [0.1, 0.15) is 14.9 Å². The van der Waals surface area contributed by atoms with Crippen molar-refractivity contribution in [2.45, 2.75) is 14.9 Å². The molecule has 1 aromatic heterocycles. The van der Waals surface area contributed by atoms with Gasteiger partial charge in [-0.25, -0.2) is 0 Å². The van der Waals surface area contributed by atoms with Gasteiger partial charge in [0.1, 0.15) is 11.8 Å². The van der Waals surface area contributed by atoms with Gasteiger partial charge in [-0.2, -0.15) is 13.6 Å². The molecule has 2 aromatic carbocycles. The molecule has 0 unspecified atom stereocenters. The molecular formula is C17H19N3O10S2. The monoisotopic (exact) mass is 489 g/mol. The Kier molecular flexibility index (Phi) is 9.67. The molecule has 0 amide bonds. The third-order valence-corrected chi connectivity index (χ3v) is 3.89. The summed E-state index contributed by atoms with van der Waals surface area (Å²) < 4.78 is 57.1. The van der Waals surface area contributed by atoms with Crippen LogP contribution in [0.2, 0.25) is 0 Å². The van der Waals surface area contributed by atoms with E-state index in [0.29, 0.717) is 5.69 Å². The molecule has 0 aliphatic rings. The molecule has 0 atom stereocenters. The SMILES string of the molecule is C.C.Nc1ccc2c(=O)c(-c3ccc(OS(N)(=O)=O)cc3[N+](=O)[O-])coc2c1.O=S(=O)=O. The number of hydrogen-bond donors (Lipinski definition) is 2. The predicted octanol–water partition coefficient (Wildman–Crippen LogP) is 1.80. The van der Waals surface area contributed by atoms with Crippen LogP contribution >= 0.6 is 0 Å². The highest BCUT2D eigenvalue weighted by atomic mass is 32.2. The van der Waals surface area contributed by atoms with Crippen LogP contribution in [0.5, 0.6) is 5.75 Å².